The Balaban J connectivity index is -0.0000000292. The molecule has 0 nitrogen and oxygen atoms in total. The van der Waals surface area contributed by atoms with Gasteiger partial charge >= 0.3 is 0 Å². The summed E-state index contributed by atoms with van der Waals surface area (Å²) >= 11 is 0. The molecule has 0 amide bonds. The van der Waals surface area contributed by atoms with Crippen LogP contribution in [-0.2, 0) is 196 Å². The molecule has 70 heavy (non-hydrogen) atoms. The minimum atomic E-state index is 0. The van der Waals surface area contributed by atoms with E-state index in [1.165, 1.54) is 56.9 Å². The second-order valence-corrected chi connectivity index (χ2v) is 13.6. The Hall–Kier alpha value is 3.24. The molecule has 0 heterocycles. The van der Waals surface area contributed by atoms with Crippen molar-refractivity contribution in [2.45, 2.75) is 202 Å². The van der Waals surface area contributed by atoms with Crippen LogP contribution in [-0.4, -0.2) is 0 Å². The molecule has 0 bridgehead atoms. The van der Waals surface area contributed by atoms with Crippen LogP contribution < -0.4 is 0 Å². The summed E-state index contributed by atoms with van der Waals surface area (Å²) in [5.41, 5.74) is 3.49. The van der Waals surface area contributed by atoms with Gasteiger partial charge in [0, 0.05) is 196 Å². The summed E-state index contributed by atoms with van der Waals surface area (Å²) in [6.07, 6.45) is 30.2. The number of unbranched alkanes of at least 4 members (excludes halogenated alkanes) is 3. The molecule has 1 aliphatic carbocycles. The third-order valence-electron chi connectivity index (χ3n) is 6.68. The monoisotopic (exact) mass is 1420 g/mol. The van der Waals surface area contributed by atoms with Crippen molar-refractivity contribution in [2.75, 3.05) is 0 Å². The Bertz CT molecular complexity index is 963. The molecule has 0 saturated heterocycles. The van der Waals surface area contributed by atoms with Crippen molar-refractivity contribution in [1.82, 2.24) is 0 Å². The Labute approximate surface area is 599 Å². The Morgan fingerprint density at radius 3 is 0.814 bits per heavy atom. The van der Waals surface area contributed by atoms with Crippen LogP contribution in [0.4, 0.5) is 0 Å². The average molecular weight is 1420 g/mol. The molecule has 0 N–H and O–H groups in total. The van der Waals surface area contributed by atoms with Gasteiger partial charge in [0.15, 0.2) is 0 Å². The van der Waals surface area contributed by atoms with Crippen molar-refractivity contribution in [3.63, 3.8) is 0 Å². The zero-order valence-electron chi connectivity index (χ0n) is 50.6. The van der Waals surface area contributed by atoms with Crippen LogP contribution in [0.2, 0.25) is 0 Å². The molecule has 0 aromatic heterocycles. The Kier molecular flexibility index (Phi) is 232. The van der Waals surface area contributed by atoms with Crippen LogP contribution in [0, 0.1) is 81.2 Å². The largest absolute Gasteiger partial charge is 0.532 e. The molecule has 2 unspecified atom stereocenters. The van der Waals surface area contributed by atoms with E-state index in [1.54, 1.807) is 0 Å². The predicted octanol–water partition coefficient (Wildman–Crippen LogP) is 22.6. The van der Waals surface area contributed by atoms with E-state index in [9.17, 15) is 0 Å². The van der Waals surface area contributed by atoms with E-state index in [2.05, 4.69) is 123 Å². The third-order valence-corrected chi connectivity index (χ3v) is 6.68. The summed E-state index contributed by atoms with van der Waals surface area (Å²) in [5, 5.41) is 0. The van der Waals surface area contributed by atoms with Gasteiger partial charge in [-0.1, -0.05) is 221 Å². The zero-order chi connectivity index (χ0) is 52.8. The number of hydrogen-bond acceptors (Lipinski definition) is 0. The fraction of sp³-hybridized carbons (Fsp3) is 0.531. The molecule has 6 radical (unpaired) electrons. The van der Waals surface area contributed by atoms with Crippen LogP contribution in [0.1, 0.15) is 208 Å². The van der Waals surface area contributed by atoms with Crippen molar-refractivity contribution >= 4 is 5.57 Å². The first kappa shape index (κ1) is 121. The first-order chi connectivity index (χ1) is 30.5. The maximum absolute atomic E-state index is 3.83. The molecule has 1 aliphatic rings. The summed E-state index contributed by atoms with van der Waals surface area (Å²) in [4.78, 5) is 0. The summed E-state index contributed by atoms with van der Waals surface area (Å²) in [6, 6.07) is 22.2. The smallest absolute Gasteiger partial charge is 0 e. The van der Waals surface area contributed by atoms with Crippen molar-refractivity contribution in [2.24, 2.45) is 23.7 Å². The molecule has 0 spiro atoms. The fourth-order valence-electron chi connectivity index (χ4n) is 2.52. The minimum Gasteiger partial charge on any atom is -0.532 e. The molecule has 398 valence electrons. The maximum atomic E-state index is 3.83. The molecule has 2 aromatic carbocycles. The van der Waals surface area contributed by atoms with Crippen LogP contribution >= 0.6 is 0 Å². The van der Waals surface area contributed by atoms with Gasteiger partial charge in [-0.2, -0.15) is 50.4 Å². The van der Waals surface area contributed by atoms with Crippen LogP contribution in [0.15, 0.2) is 118 Å². The quantitative estimate of drug-likeness (QED) is 0.126. The van der Waals surface area contributed by atoms with E-state index < -0.39 is 0 Å². The van der Waals surface area contributed by atoms with Crippen molar-refractivity contribution in [1.29, 1.82) is 0 Å². The van der Waals surface area contributed by atoms with Gasteiger partial charge in [0.05, 0.1) is 0 Å². The molecule has 0 aliphatic heterocycles. The minimum absolute atomic E-state index is 0. The SMILES string of the molecule is C1CCCCC1.C=C(C)C([CH2-])C.C=C(C)c1ccccc1.C=[C-]C(C)C.C=[C-]C(C)C.C=[C-]C([CH2-])C.C=[C-]CC.C=[C-]CC.CC.CC.CC.CC.[CH2-]CCC[CH-]C.[Y].[Y].[Y].[Y].[Y].[Y].c1ccccc1. The van der Waals surface area contributed by atoms with E-state index >= 15 is 0 Å². The van der Waals surface area contributed by atoms with Gasteiger partial charge in [-0.3, -0.25) is 32.9 Å². The van der Waals surface area contributed by atoms with E-state index in [4.69, 9.17) is 0 Å². The zero-order valence-corrected chi connectivity index (χ0v) is 67.6. The molecule has 1 saturated carbocycles. The predicted molar refractivity (Wildman–Crippen MR) is 308 cm³/mol. The van der Waals surface area contributed by atoms with Crippen LogP contribution in [0.3, 0.4) is 0 Å². The van der Waals surface area contributed by atoms with E-state index in [0.717, 1.165) is 30.4 Å². The summed E-state index contributed by atoms with van der Waals surface area (Å²) in [7, 11) is 0. The maximum Gasteiger partial charge on any atom is 0 e. The number of hydrogen-bond donors (Lipinski definition) is 0. The molecule has 2 atom stereocenters. The normalized spacial score (nSPS) is 9.14. The van der Waals surface area contributed by atoms with Crippen molar-refractivity contribution in [3.05, 3.63) is 181 Å². The second-order valence-electron chi connectivity index (χ2n) is 13.6. The average Bonchev–Trinajstić information content (AvgIpc) is 3.36. The number of rotatable bonds is 10. The molecule has 3 rings (SSSR count). The summed E-state index contributed by atoms with van der Waals surface area (Å²) in [5.74, 6) is 1.73. The molecule has 2 aromatic rings. The Morgan fingerprint density at radius 1 is 0.529 bits per heavy atom. The van der Waals surface area contributed by atoms with Gasteiger partial charge in [0.25, 0.3) is 0 Å². The van der Waals surface area contributed by atoms with E-state index in [0.29, 0.717) is 17.8 Å². The van der Waals surface area contributed by atoms with E-state index in [1.807, 2.05) is 179 Å². The molecule has 1 fully saturated rings. The Morgan fingerprint density at radius 2 is 0.729 bits per heavy atom. The number of benzene rings is 2. The summed E-state index contributed by atoms with van der Waals surface area (Å²) in [6.45, 7) is 73.7. The first-order valence-corrected chi connectivity index (χ1v) is 24.7. The fourth-order valence-corrected chi connectivity index (χ4v) is 2.52. The summed E-state index contributed by atoms with van der Waals surface area (Å²) < 4.78 is 0. The van der Waals surface area contributed by atoms with Gasteiger partial charge < -0.3 is 63.5 Å². The van der Waals surface area contributed by atoms with Crippen molar-refractivity contribution < 1.29 is 196 Å². The van der Waals surface area contributed by atoms with Gasteiger partial charge in [0.1, 0.15) is 0 Å². The standard InChI is InChI=1S/C9H10.C6H12.C6H6.C6H11.C6H12.2C5H9.C5H8.2C4H7.4C2H6.6Y/c1-8(2)9-6-4-3-5-7-9;2*1-2-4-6-5-3-1;1-5(2)6(3)4;1-3-5-6-4-2;3*1-4-5(2)3;2*1-3-4-2;4*1-2;;;;;;/h3-7H,1H2,2H3;1-6H2;1-6H;5H,1,3H2,2,4H3;4H,1,3,5-6H2,2H3;2*5H,1H2,2-3H3;5H,1-2H2,3H3;2*1,4H2,2H3;4*1-2H3;;;;;;/q;;;-1;-2;2*-1;-2;2*-1;;;;;;;;;;. The molecule has 6 heteroatoms. The number of allylic oxidation sites excluding steroid dienone is 7. The van der Waals surface area contributed by atoms with Gasteiger partial charge in [0.2, 0.25) is 0 Å². The van der Waals surface area contributed by atoms with Gasteiger partial charge in [-0.25, -0.2) is 0 Å². The van der Waals surface area contributed by atoms with Gasteiger partial charge in [-0.05, 0) is 19.4 Å². The van der Waals surface area contributed by atoms with Crippen LogP contribution in [0.5, 0.6) is 0 Å². The van der Waals surface area contributed by atoms with Crippen molar-refractivity contribution in [3.8, 4) is 0 Å². The van der Waals surface area contributed by atoms with Gasteiger partial charge in [-0.15, -0.1) is 25.5 Å². The molecular formula is C64H115Y6-9. The topological polar surface area (TPSA) is 0 Å². The molecular weight excluding hydrogens is 1300 g/mol. The van der Waals surface area contributed by atoms with E-state index in [-0.39, 0.29) is 202 Å². The third kappa shape index (κ3) is 197. The first-order valence-electron chi connectivity index (χ1n) is 24.7. The second kappa shape index (κ2) is 134. The van der Waals surface area contributed by atoms with Crippen LogP contribution in [0.25, 0.3) is 5.57 Å².